The summed E-state index contributed by atoms with van der Waals surface area (Å²) in [6, 6.07) is -0.165. The highest BCUT2D eigenvalue weighted by Crippen LogP contribution is 2.28. The van der Waals surface area contributed by atoms with Gasteiger partial charge in [-0.3, -0.25) is 0 Å². The Morgan fingerprint density at radius 1 is 1.29 bits per heavy atom. The Bertz CT molecular complexity index is 355. The van der Waals surface area contributed by atoms with E-state index in [1.807, 2.05) is 13.2 Å². The van der Waals surface area contributed by atoms with Gasteiger partial charge in [0.2, 0.25) is 0 Å². The van der Waals surface area contributed by atoms with E-state index in [1.54, 1.807) is 23.7 Å². The fraction of sp³-hybridized carbons (Fsp3) is 0.867. The smallest absolute Gasteiger partial charge is 0.329 e. The highest BCUT2D eigenvalue weighted by Gasteiger charge is 2.40. The van der Waals surface area contributed by atoms with Gasteiger partial charge in [0.05, 0.1) is 0 Å². The van der Waals surface area contributed by atoms with Gasteiger partial charge >= 0.3 is 12.0 Å². The van der Waals surface area contributed by atoms with Crippen LogP contribution in [0, 0.1) is 0 Å². The molecule has 2 amide bonds. The molecule has 5 nitrogen and oxygen atoms in total. The van der Waals surface area contributed by atoms with Gasteiger partial charge < -0.3 is 15.3 Å². The molecule has 1 atom stereocenters. The monoisotopic (exact) mass is 316 g/mol. The molecule has 2 N–H and O–H groups in total. The van der Waals surface area contributed by atoms with E-state index >= 15 is 0 Å². The van der Waals surface area contributed by atoms with E-state index in [-0.39, 0.29) is 12.1 Å². The summed E-state index contributed by atoms with van der Waals surface area (Å²) in [6.07, 6.45) is 7.82. The molecule has 0 bridgehead atoms. The zero-order valence-electron chi connectivity index (χ0n) is 13.4. The van der Waals surface area contributed by atoms with Crippen LogP contribution in [0.2, 0.25) is 0 Å². The molecule has 21 heavy (non-hydrogen) atoms. The number of carboxylic acids is 1. The van der Waals surface area contributed by atoms with Crippen molar-refractivity contribution >= 4 is 23.8 Å². The molecular formula is C15H28N2O3S. The molecule has 1 saturated carbocycles. The summed E-state index contributed by atoms with van der Waals surface area (Å²) < 4.78 is 0. The number of amides is 2. The fourth-order valence-electron chi connectivity index (χ4n) is 2.70. The molecule has 1 rings (SSSR count). The van der Waals surface area contributed by atoms with Crippen LogP contribution in [0.15, 0.2) is 0 Å². The largest absolute Gasteiger partial charge is 0.480 e. The summed E-state index contributed by atoms with van der Waals surface area (Å²) in [7, 11) is 1.74. The molecule has 122 valence electrons. The van der Waals surface area contributed by atoms with Crippen LogP contribution in [0.5, 0.6) is 0 Å². The molecule has 1 aliphatic rings. The number of thioether (sulfide) groups is 1. The zero-order chi connectivity index (χ0) is 15.9. The third-order valence-corrected chi connectivity index (χ3v) is 5.08. The first-order valence-electron chi connectivity index (χ1n) is 7.70. The van der Waals surface area contributed by atoms with Crippen LogP contribution in [0.25, 0.3) is 0 Å². The van der Waals surface area contributed by atoms with Crippen molar-refractivity contribution in [1.29, 1.82) is 0 Å². The Morgan fingerprint density at radius 2 is 1.86 bits per heavy atom. The molecule has 0 heterocycles. The zero-order valence-corrected chi connectivity index (χ0v) is 14.2. The maximum Gasteiger partial charge on any atom is 0.329 e. The number of carbonyl (C=O) groups excluding carboxylic acids is 1. The molecule has 1 fully saturated rings. The Hall–Kier alpha value is -0.910. The molecule has 0 aromatic heterocycles. The molecule has 0 saturated heterocycles. The van der Waals surface area contributed by atoms with E-state index in [4.69, 9.17) is 0 Å². The number of hydrogen-bond donors (Lipinski definition) is 2. The lowest BCUT2D eigenvalue weighted by molar-refractivity contribution is -0.145. The number of urea groups is 1. The predicted octanol–water partition coefficient (Wildman–Crippen LogP) is 2.95. The number of rotatable bonds is 6. The van der Waals surface area contributed by atoms with Gasteiger partial charge in [0.1, 0.15) is 5.54 Å². The molecule has 6 heteroatoms. The lowest BCUT2D eigenvalue weighted by Gasteiger charge is -2.33. The van der Waals surface area contributed by atoms with Crippen molar-refractivity contribution in [2.45, 2.75) is 63.5 Å². The second-order valence-corrected chi connectivity index (χ2v) is 6.96. The van der Waals surface area contributed by atoms with E-state index in [2.05, 4.69) is 5.32 Å². The number of nitrogens with one attached hydrogen (secondary N) is 1. The van der Waals surface area contributed by atoms with E-state index in [0.717, 1.165) is 37.9 Å². The minimum absolute atomic E-state index is 0.106. The third kappa shape index (κ3) is 5.09. The number of aliphatic carboxylic acids is 1. The lowest BCUT2D eigenvalue weighted by Crippen LogP contribution is -2.58. The fourth-order valence-corrected chi connectivity index (χ4v) is 3.28. The van der Waals surface area contributed by atoms with Gasteiger partial charge in [-0.1, -0.05) is 25.7 Å². The maximum atomic E-state index is 12.4. The van der Waals surface area contributed by atoms with Crippen LogP contribution in [0.1, 0.15) is 51.9 Å². The van der Waals surface area contributed by atoms with Crippen molar-refractivity contribution in [1.82, 2.24) is 10.2 Å². The quantitative estimate of drug-likeness (QED) is 0.739. The molecule has 0 radical (unpaired) electrons. The standard InChI is InChI=1S/C15H28N2O3S/c1-12(8-11-21-3)17(2)14(20)16-15(13(18)19)9-6-4-5-7-10-15/h12H,4-11H2,1-3H3,(H,16,20)(H,18,19). The summed E-state index contributed by atoms with van der Waals surface area (Å²) in [5.74, 6) is 0.0889. The van der Waals surface area contributed by atoms with Gasteiger partial charge in [0.25, 0.3) is 0 Å². The first-order chi connectivity index (χ1) is 9.93. The normalized spacial score (nSPS) is 19.4. The predicted molar refractivity (Wildman–Crippen MR) is 86.8 cm³/mol. The minimum atomic E-state index is -1.08. The second kappa shape index (κ2) is 8.51. The Labute approximate surface area is 131 Å². The lowest BCUT2D eigenvalue weighted by atomic mass is 9.90. The summed E-state index contributed by atoms with van der Waals surface area (Å²) in [5, 5.41) is 12.4. The van der Waals surface area contributed by atoms with Crippen LogP contribution >= 0.6 is 11.8 Å². The van der Waals surface area contributed by atoms with Crippen molar-refractivity contribution in [3.8, 4) is 0 Å². The highest BCUT2D eigenvalue weighted by molar-refractivity contribution is 7.98. The van der Waals surface area contributed by atoms with E-state index in [0.29, 0.717) is 12.8 Å². The second-order valence-electron chi connectivity index (χ2n) is 5.97. The average Bonchev–Trinajstić information content (AvgIpc) is 2.70. The molecular weight excluding hydrogens is 288 g/mol. The van der Waals surface area contributed by atoms with Crippen LogP contribution in [0.3, 0.4) is 0 Å². The van der Waals surface area contributed by atoms with Gasteiger partial charge in [-0.2, -0.15) is 11.8 Å². The van der Waals surface area contributed by atoms with Crippen LogP contribution in [0.4, 0.5) is 4.79 Å². The van der Waals surface area contributed by atoms with Crippen LogP contribution < -0.4 is 5.32 Å². The number of nitrogens with zero attached hydrogens (tertiary/aromatic N) is 1. The summed E-state index contributed by atoms with van der Waals surface area (Å²) in [5.41, 5.74) is -1.08. The van der Waals surface area contributed by atoms with Crippen molar-refractivity contribution in [3.05, 3.63) is 0 Å². The molecule has 0 aromatic carbocycles. The van der Waals surface area contributed by atoms with Crippen LogP contribution in [-0.4, -0.2) is 52.6 Å². The highest BCUT2D eigenvalue weighted by atomic mass is 32.2. The molecule has 0 spiro atoms. The SMILES string of the molecule is CSCCC(C)N(C)C(=O)NC1(C(=O)O)CCCCCC1. The van der Waals surface area contributed by atoms with E-state index in [9.17, 15) is 14.7 Å². The molecule has 1 aliphatic carbocycles. The Kier molecular flexibility index (Phi) is 7.35. The van der Waals surface area contributed by atoms with Gasteiger partial charge in [-0.15, -0.1) is 0 Å². The van der Waals surface area contributed by atoms with Gasteiger partial charge in [-0.05, 0) is 38.2 Å². The Morgan fingerprint density at radius 3 is 2.33 bits per heavy atom. The summed E-state index contributed by atoms with van der Waals surface area (Å²) >= 11 is 1.75. The average molecular weight is 316 g/mol. The van der Waals surface area contributed by atoms with E-state index in [1.165, 1.54) is 0 Å². The van der Waals surface area contributed by atoms with Gasteiger partial charge in [-0.25, -0.2) is 9.59 Å². The molecule has 1 unspecified atom stereocenters. The van der Waals surface area contributed by atoms with Crippen molar-refractivity contribution in [2.24, 2.45) is 0 Å². The summed E-state index contributed by atoms with van der Waals surface area (Å²) in [4.78, 5) is 25.7. The van der Waals surface area contributed by atoms with Crippen LogP contribution in [-0.2, 0) is 4.79 Å². The maximum absolute atomic E-state index is 12.4. The Balaban J connectivity index is 2.69. The topological polar surface area (TPSA) is 69.6 Å². The van der Waals surface area contributed by atoms with Crippen molar-refractivity contribution in [3.63, 3.8) is 0 Å². The number of hydrogen-bond acceptors (Lipinski definition) is 3. The first kappa shape index (κ1) is 18.1. The first-order valence-corrected chi connectivity index (χ1v) is 9.09. The van der Waals surface area contributed by atoms with Crippen molar-refractivity contribution in [2.75, 3.05) is 19.1 Å². The van der Waals surface area contributed by atoms with Gasteiger partial charge in [0.15, 0.2) is 0 Å². The third-order valence-electron chi connectivity index (χ3n) is 4.43. The van der Waals surface area contributed by atoms with E-state index < -0.39 is 11.5 Å². The number of carbonyl (C=O) groups is 2. The molecule has 0 aromatic rings. The number of carboxylic acid groups (broad SMARTS) is 1. The van der Waals surface area contributed by atoms with Crippen molar-refractivity contribution < 1.29 is 14.7 Å². The van der Waals surface area contributed by atoms with Gasteiger partial charge in [0, 0.05) is 13.1 Å². The summed E-state index contributed by atoms with van der Waals surface area (Å²) in [6.45, 7) is 2.00. The molecule has 0 aliphatic heterocycles. The minimum Gasteiger partial charge on any atom is -0.480 e.